The van der Waals surface area contributed by atoms with Crippen molar-refractivity contribution in [3.05, 3.63) is 11.7 Å². The lowest BCUT2D eigenvalue weighted by Crippen LogP contribution is -2.27. The summed E-state index contributed by atoms with van der Waals surface area (Å²) in [5, 5.41) is 0. The summed E-state index contributed by atoms with van der Waals surface area (Å²) in [7, 11) is 0. The van der Waals surface area contributed by atoms with E-state index < -0.39 is 24.0 Å². The highest BCUT2D eigenvalue weighted by Crippen LogP contribution is 2.33. The molecule has 0 nitrogen and oxygen atoms in total. The quantitative estimate of drug-likeness (QED) is 0.570. The lowest BCUT2D eigenvalue weighted by molar-refractivity contribution is -0.114. The fourth-order valence-electron chi connectivity index (χ4n) is 0.325. The van der Waals surface area contributed by atoms with E-state index in [1.165, 1.54) is 0 Å². The zero-order chi connectivity index (χ0) is 9.23. The fraction of sp³-hybridized carbons (Fsp3) is 0.600. The number of alkyl halides is 4. The van der Waals surface area contributed by atoms with Crippen LogP contribution in [0.5, 0.6) is 0 Å². The van der Waals surface area contributed by atoms with Gasteiger partial charge in [0.05, 0.1) is 0 Å². The molecule has 0 atom stereocenters. The Morgan fingerprint density at radius 3 is 1.64 bits per heavy atom. The second kappa shape index (κ2) is 3.15. The fourth-order valence-corrected chi connectivity index (χ4v) is 0.325. The molecule has 0 aliphatic heterocycles. The molecule has 0 heterocycles. The minimum atomic E-state index is -5.02. The summed E-state index contributed by atoms with van der Waals surface area (Å²) < 4.78 is 69.5. The molecule has 0 spiro atoms. The number of allylic oxidation sites excluding steroid dienone is 2. The molecule has 0 N–H and O–H groups in total. The van der Waals surface area contributed by atoms with Crippen LogP contribution in [0.1, 0.15) is 6.92 Å². The van der Waals surface area contributed by atoms with Gasteiger partial charge in [-0.15, -0.1) is 0 Å². The molecule has 0 aromatic rings. The van der Waals surface area contributed by atoms with E-state index in [1.807, 2.05) is 0 Å². The third-order valence-corrected chi connectivity index (χ3v) is 0.869. The van der Waals surface area contributed by atoms with Gasteiger partial charge in [0.25, 0.3) is 0 Å². The van der Waals surface area contributed by atoms with E-state index in [1.54, 1.807) is 0 Å². The van der Waals surface area contributed by atoms with Gasteiger partial charge in [-0.2, -0.15) is 8.78 Å². The van der Waals surface area contributed by atoms with Gasteiger partial charge in [0.15, 0.2) is 0 Å². The second-order valence-electron chi connectivity index (χ2n) is 1.77. The first-order chi connectivity index (χ1) is 4.80. The maximum atomic E-state index is 11.8. The molecule has 0 aliphatic rings. The van der Waals surface area contributed by atoms with Crippen molar-refractivity contribution in [2.75, 3.05) is 0 Å². The first kappa shape index (κ1) is 10.3. The number of hydrogen-bond acceptors (Lipinski definition) is 0. The van der Waals surface area contributed by atoms with Gasteiger partial charge in [-0.3, -0.25) is 0 Å². The Bertz CT molecular complexity index is 166. The zero-order valence-electron chi connectivity index (χ0n) is 5.35. The van der Waals surface area contributed by atoms with E-state index in [4.69, 9.17) is 0 Å². The van der Waals surface area contributed by atoms with Crippen LogP contribution >= 0.6 is 0 Å². The number of halogens is 6. The van der Waals surface area contributed by atoms with Crippen LogP contribution in [-0.4, -0.2) is 12.3 Å². The van der Waals surface area contributed by atoms with Crippen LogP contribution in [0.4, 0.5) is 26.3 Å². The van der Waals surface area contributed by atoms with Crippen LogP contribution in [0.3, 0.4) is 0 Å². The van der Waals surface area contributed by atoms with Crippen LogP contribution in [0.15, 0.2) is 11.7 Å². The highest BCUT2D eigenvalue weighted by atomic mass is 19.3. The first-order valence-corrected chi connectivity index (χ1v) is 2.48. The van der Waals surface area contributed by atoms with E-state index in [0.717, 1.165) is 0 Å². The monoisotopic (exact) mass is 178 g/mol. The molecule has 0 rings (SSSR count). The molecule has 11 heavy (non-hydrogen) atoms. The molecule has 0 aromatic carbocycles. The molecule has 0 fully saturated rings. The van der Waals surface area contributed by atoms with E-state index in [-0.39, 0.29) is 0 Å². The van der Waals surface area contributed by atoms with Gasteiger partial charge in [-0.1, -0.05) is 0 Å². The topological polar surface area (TPSA) is 0 Å². The smallest absolute Gasteiger partial charge is 0.209 e. The maximum absolute atomic E-state index is 11.8. The Balaban J connectivity index is 4.70. The number of hydrogen-bond donors (Lipinski definition) is 0. The summed E-state index contributed by atoms with van der Waals surface area (Å²) in [5.41, 5.74) is 0. The SMILES string of the molecule is C/C(F)=C(\F)C(F)(F)C(F)F. The van der Waals surface area contributed by atoms with Crippen LogP contribution < -0.4 is 0 Å². The predicted octanol–water partition coefficient (Wildman–Crippen LogP) is 3.06. The Kier molecular flexibility index (Phi) is 2.95. The average Bonchev–Trinajstić information content (AvgIpc) is 1.85. The molecule has 6 heteroatoms. The van der Waals surface area contributed by atoms with Crippen LogP contribution in [-0.2, 0) is 0 Å². The Morgan fingerprint density at radius 1 is 1.18 bits per heavy atom. The summed E-state index contributed by atoms with van der Waals surface area (Å²) in [6.07, 6.45) is -4.23. The van der Waals surface area contributed by atoms with E-state index in [2.05, 4.69) is 0 Å². The first-order valence-electron chi connectivity index (χ1n) is 2.48. The van der Waals surface area contributed by atoms with Crippen LogP contribution in [0.25, 0.3) is 0 Å². The number of rotatable bonds is 2. The average molecular weight is 178 g/mol. The van der Waals surface area contributed by atoms with Crippen molar-refractivity contribution < 1.29 is 26.3 Å². The molecule has 0 aliphatic carbocycles. The maximum Gasteiger partial charge on any atom is 0.360 e. The molecular formula is C5H4F6. The minimum absolute atomic E-state index is 0.339. The predicted molar refractivity (Wildman–Crippen MR) is 25.9 cm³/mol. The lowest BCUT2D eigenvalue weighted by Gasteiger charge is -2.12. The standard InChI is InChI=1S/C5H4F6/c1-2(6)3(7)5(10,11)4(8)9/h4H,1H3/b3-2+. The molecule has 0 bridgehead atoms. The third-order valence-electron chi connectivity index (χ3n) is 0.869. The normalized spacial score (nSPS) is 15.3. The molecule has 0 saturated carbocycles. The van der Waals surface area contributed by atoms with Crippen molar-refractivity contribution in [2.24, 2.45) is 0 Å². The Labute approximate surface area is 58.5 Å². The zero-order valence-corrected chi connectivity index (χ0v) is 5.35. The van der Waals surface area contributed by atoms with Crippen molar-refractivity contribution in [1.82, 2.24) is 0 Å². The molecular weight excluding hydrogens is 174 g/mol. The molecule has 66 valence electrons. The summed E-state index contributed by atoms with van der Waals surface area (Å²) in [5.74, 6) is -9.67. The molecule has 0 unspecified atom stereocenters. The van der Waals surface area contributed by atoms with E-state index >= 15 is 0 Å². The molecule has 0 amide bonds. The summed E-state index contributed by atoms with van der Waals surface area (Å²) in [6.45, 7) is 0.339. The molecule has 0 radical (unpaired) electrons. The van der Waals surface area contributed by atoms with Crippen molar-refractivity contribution in [2.45, 2.75) is 19.3 Å². The van der Waals surface area contributed by atoms with Crippen molar-refractivity contribution in [3.63, 3.8) is 0 Å². The van der Waals surface area contributed by atoms with Crippen molar-refractivity contribution in [3.8, 4) is 0 Å². The van der Waals surface area contributed by atoms with Crippen molar-refractivity contribution >= 4 is 0 Å². The van der Waals surface area contributed by atoms with Crippen molar-refractivity contribution in [1.29, 1.82) is 0 Å². The van der Waals surface area contributed by atoms with Gasteiger partial charge < -0.3 is 0 Å². The Morgan fingerprint density at radius 2 is 1.55 bits per heavy atom. The highest BCUT2D eigenvalue weighted by Gasteiger charge is 2.47. The summed E-state index contributed by atoms with van der Waals surface area (Å²) in [4.78, 5) is 0. The van der Waals surface area contributed by atoms with Gasteiger partial charge >= 0.3 is 12.3 Å². The minimum Gasteiger partial charge on any atom is -0.209 e. The van der Waals surface area contributed by atoms with E-state index in [0.29, 0.717) is 6.92 Å². The molecule has 0 saturated heterocycles. The van der Waals surface area contributed by atoms with Gasteiger partial charge in [0.2, 0.25) is 5.83 Å². The van der Waals surface area contributed by atoms with Gasteiger partial charge in [-0.25, -0.2) is 17.6 Å². The summed E-state index contributed by atoms with van der Waals surface area (Å²) >= 11 is 0. The van der Waals surface area contributed by atoms with Crippen LogP contribution in [0.2, 0.25) is 0 Å². The van der Waals surface area contributed by atoms with Gasteiger partial charge in [0.1, 0.15) is 5.83 Å². The second-order valence-corrected chi connectivity index (χ2v) is 1.77. The third kappa shape index (κ3) is 2.13. The summed E-state index contributed by atoms with van der Waals surface area (Å²) in [6, 6.07) is 0. The highest BCUT2D eigenvalue weighted by molar-refractivity contribution is 5.08. The largest absolute Gasteiger partial charge is 0.360 e. The van der Waals surface area contributed by atoms with E-state index in [9.17, 15) is 26.3 Å². The molecule has 0 aromatic heterocycles. The van der Waals surface area contributed by atoms with Crippen LogP contribution in [0, 0.1) is 0 Å². The van der Waals surface area contributed by atoms with Gasteiger partial charge in [-0.05, 0) is 6.92 Å². The lowest BCUT2D eigenvalue weighted by atomic mass is 10.3. The van der Waals surface area contributed by atoms with Gasteiger partial charge in [0, 0.05) is 0 Å². The Hall–Kier alpha value is -0.680.